The van der Waals surface area contributed by atoms with Gasteiger partial charge in [0.25, 0.3) is 0 Å². The molecule has 26 heavy (non-hydrogen) atoms. The lowest BCUT2D eigenvalue weighted by Crippen LogP contribution is -2.59. The SMILES string of the molecule is CC(Cn1cccn1)C(=O)NCCOC12CC3CC(C)(CC(C)(C3)C1)C2. The molecule has 0 radical (unpaired) electrons. The van der Waals surface area contributed by atoms with Gasteiger partial charge in [0.2, 0.25) is 5.91 Å². The molecule has 1 N–H and O–H groups in total. The highest BCUT2D eigenvalue weighted by molar-refractivity contribution is 5.78. The average molecular weight is 360 g/mol. The van der Waals surface area contributed by atoms with E-state index in [2.05, 4.69) is 24.3 Å². The van der Waals surface area contributed by atoms with E-state index in [4.69, 9.17) is 4.74 Å². The van der Waals surface area contributed by atoms with Crippen LogP contribution >= 0.6 is 0 Å². The Bertz CT molecular complexity index is 638. The van der Waals surface area contributed by atoms with Crippen molar-refractivity contribution in [1.29, 1.82) is 0 Å². The van der Waals surface area contributed by atoms with Gasteiger partial charge in [-0.05, 0) is 61.3 Å². The third-order valence-corrected chi connectivity index (χ3v) is 6.85. The monoisotopic (exact) mass is 359 g/mol. The molecule has 0 aliphatic heterocycles. The van der Waals surface area contributed by atoms with E-state index in [-0.39, 0.29) is 17.4 Å². The molecular weight excluding hydrogens is 326 g/mol. The van der Waals surface area contributed by atoms with Crippen LogP contribution in [0.5, 0.6) is 0 Å². The van der Waals surface area contributed by atoms with E-state index >= 15 is 0 Å². The van der Waals surface area contributed by atoms with Gasteiger partial charge in [-0.2, -0.15) is 5.10 Å². The van der Waals surface area contributed by atoms with Gasteiger partial charge >= 0.3 is 0 Å². The van der Waals surface area contributed by atoms with Gasteiger partial charge in [0.1, 0.15) is 0 Å². The number of nitrogens with one attached hydrogen (secondary N) is 1. The molecule has 4 saturated carbocycles. The Labute approximate surface area is 156 Å². The zero-order valence-electron chi connectivity index (χ0n) is 16.5. The predicted molar refractivity (Wildman–Crippen MR) is 100 cm³/mol. The fourth-order valence-electron chi connectivity index (χ4n) is 6.89. The smallest absolute Gasteiger partial charge is 0.224 e. The summed E-state index contributed by atoms with van der Waals surface area (Å²) in [6.45, 7) is 8.71. The molecular formula is C21H33N3O2. The summed E-state index contributed by atoms with van der Waals surface area (Å²) in [5.74, 6) is 0.825. The van der Waals surface area contributed by atoms with E-state index in [9.17, 15) is 4.79 Å². The van der Waals surface area contributed by atoms with Crippen molar-refractivity contribution in [2.45, 2.75) is 71.4 Å². The second kappa shape index (κ2) is 6.36. The van der Waals surface area contributed by atoms with E-state index in [1.165, 1.54) is 38.5 Å². The number of hydrogen-bond donors (Lipinski definition) is 1. The second-order valence-electron chi connectivity index (χ2n) is 10.1. The lowest BCUT2D eigenvalue weighted by molar-refractivity contribution is -0.213. The maximum Gasteiger partial charge on any atom is 0.224 e. The van der Waals surface area contributed by atoms with Crippen molar-refractivity contribution in [1.82, 2.24) is 15.1 Å². The minimum atomic E-state index is -0.0905. The van der Waals surface area contributed by atoms with Crippen LogP contribution in [0.3, 0.4) is 0 Å². The van der Waals surface area contributed by atoms with Crippen LogP contribution < -0.4 is 5.32 Å². The summed E-state index contributed by atoms with van der Waals surface area (Å²) in [5.41, 5.74) is 1.000. The summed E-state index contributed by atoms with van der Waals surface area (Å²) in [7, 11) is 0. The first-order valence-electron chi connectivity index (χ1n) is 10.2. The highest BCUT2D eigenvalue weighted by atomic mass is 16.5. The summed E-state index contributed by atoms with van der Waals surface area (Å²) in [6.07, 6.45) is 11.4. The second-order valence-corrected chi connectivity index (χ2v) is 10.1. The minimum absolute atomic E-state index is 0.0638. The first-order valence-corrected chi connectivity index (χ1v) is 10.2. The lowest BCUT2D eigenvalue weighted by atomic mass is 9.43. The number of carbonyl (C=O) groups is 1. The highest BCUT2D eigenvalue weighted by Gasteiger charge is 2.60. The van der Waals surface area contributed by atoms with E-state index in [0.29, 0.717) is 30.5 Å². The molecule has 4 aliphatic carbocycles. The molecule has 4 bridgehead atoms. The zero-order chi connectivity index (χ0) is 18.4. The molecule has 1 heterocycles. The number of rotatable bonds is 7. The van der Waals surface area contributed by atoms with Crippen LogP contribution in [0.25, 0.3) is 0 Å². The van der Waals surface area contributed by atoms with Gasteiger partial charge in [-0.1, -0.05) is 20.8 Å². The van der Waals surface area contributed by atoms with Crippen molar-refractivity contribution < 1.29 is 9.53 Å². The number of nitrogens with zero attached hydrogens (tertiary/aromatic N) is 2. The van der Waals surface area contributed by atoms with Gasteiger partial charge in [0.15, 0.2) is 0 Å². The number of hydrogen-bond acceptors (Lipinski definition) is 3. The van der Waals surface area contributed by atoms with Crippen molar-refractivity contribution >= 4 is 5.91 Å². The molecule has 144 valence electrons. The number of ether oxygens (including phenoxy) is 1. The molecule has 4 aliphatic rings. The summed E-state index contributed by atoms with van der Waals surface area (Å²) >= 11 is 0. The Morgan fingerprint density at radius 3 is 2.62 bits per heavy atom. The van der Waals surface area contributed by atoms with E-state index in [1.807, 2.05) is 19.2 Å². The van der Waals surface area contributed by atoms with E-state index in [0.717, 1.165) is 5.92 Å². The van der Waals surface area contributed by atoms with Crippen molar-refractivity contribution in [2.24, 2.45) is 22.7 Å². The van der Waals surface area contributed by atoms with Crippen molar-refractivity contribution in [2.75, 3.05) is 13.2 Å². The fourth-order valence-corrected chi connectivity index (χ4v) is 6.89. The van der Waals surface area contributed by atoms with Crippen LogP contribution in [0.2, 0.25) is 0 Å². The minimum Gasteiger partial charge on any atom is -0.373 e. The molecule has 1 amide bonds. The van der Waals surface area contributed by atoms with Gasteiger partial charge in [-0.15, -0.1) is 0 Å². The van der Waals surface area contributed by atoms with Crippen molar-refractivity contribution in [3.8, 4) is 0 Å². The van der Waals surface area contributed by atoms with Crippen molar-refractivity contribution in [3.63, 3.8) is 0 Å². The summed E-state index contributed by atoms with van der Waals surface area (Å²) in [6, 6.07) is 1.88. The molecule has 3 atom stereocenters. The summed E-state index contributed by atoms with van der Waals surface area (Å²) in [5, 5.41) is 7.21. The quantitative estimate of drug-likeness (QED) is 0.759. The summed E-state index contributed by atoms with van der Waals surface area (Å²) < 4.78 is 8.28. The highest BCUT2D eigenvalue weighted by Crippen LogP contribution is 2.67. The van der Waals surface area contributed by atoms with E-state index < -0.39 is 0 Å². The molecule has 0 saturated heterocycles. The number of amides is 1. The van der Waals surface area contributed by atoms with Gasteiger partial charge in [-0.3, -0.25) is 9.48 Å². The molecule has 5 rings (SSSR count). The predicted octanol–water partition coefficient (Wildman–Crippen LogP) is 3.40. The molecule has 5 nitrogen and oxygen atoms in total. The Hall–Kier alpha value is -1.36. The summed E-state index contributed by atoms with van der Waals surface area (Å²) in [4.78, 5) is 12.3. The largest absolute Gasteiger partial charge is 0.373 e. The standard InChI is InChI=1S/C21H33N3O2/c1-16(12-24-7-4-5-23-24)18(25)22-6-8-26-21-11-17-9-19(2,14-21)13-20(3,10-17)15-21/h4-5,7,16-17H,6,8-15H2,1-3H3,(H,22,25). The first kappa shape index (κ1) is 18.0. The van der Waals surface area contributed by atoms with Gasteiger partial charge in [0.05, 0.1) is 24.7 Å². The topological polar surface area (TPSA) is 56.2 Å². The third kappa shape index (κ3) is 3.55. The molecule has 4 fully saturated rings. The average Bonchev–Trinajstić information content (AvgIpc) is 3.00. The van der Waals surface area contributed by atoms with Gasteiger partial charge < -0.3 is 10.1 Å². The molecule has 5 heteroatoms. The van der Waals surface area contributed by atoms with Crippen LogP contribution in [-0.4, -0.2) is 34.4 Å². The Kier molecular flexibility index (Phi) is 4.41. The lowest BCUT2D eigenvalue weighted by Gasteiger charge is -2.65. The van der Waals surface area contributed by atoms with E-state index in [1.54, 1.807) is 10.9 Å². The van der Waals surface area contributed by atoms with Crippen LogP contribution in [0.15, 0.2) is 18.5 Å². The number of carbonyl (C=O) groups excluding carboxylic acids is 1. The van der Waals surface area contributed by atoms with Crippen LogP contribution in [0, 0.1) is 22.7 Å². The Balaban J connectivity index is 1.25. The Morgan fingerprint density at radius 1 is 1.27 bits per heavy atom. The molecule has 1 aromatic rings. The first-order chi connectivity index (χ1) is 12.3. The molecule has 3 unspecified atom stereocenters. The van der Waals surface area contributed by atoms with Crippen molar-refractivity contribution in [3.05, 3.63) is 18.5 Å². The van der Waals surface area contributed by atoms with Gasteiger partial charge in [0, 0.05) is 18.9 Å². The maximum absolute atomic E-state index is 12.3. The zero-order valence-corrected chi connectivity index (χ0v) is 16.5. The van der Waals surface area contributed by atoms with Crippen LogP contribution in [-0.2, 0) is 16.1 Å². The molecule has 1 aromatic heterocycles. The normalized spacial score (nSPS) is 39.1. The Morgan fingerprint density at radius 2 is 2.00 bits per heavy atom. The maximum atomic E-state index is 12.3. The van der Waals surface area contributed by atoms with Crippen LogP contribution in [0.1, 0.15) is 59.3 Å². The van der Waals surface area contributed by atoms with Gasteiger partial charge in [-0.25, -0.2) is 0 Å². The third-order valence-electron chi connectivity index (χ3n) is 6.85. The molecule has 0 spiro atoms. The molecule has 0 aromatic carbocycles. The fraction of sp³-hybridized carbons (Fsp3) is 0.810. The number of aromatic nitrogens is 2. The van der Waals surface area contributed by atoms with Crippen LogP contribution in [0.4, 0.5) is 0 Å².